The van der Waals surface area contributed by atoms with E-state index in [2.05, 4.69) is 5.10 Å². The van der Waals surface area contributed by atoms with Crippen LogP contribution in [0.25, 0.3) is 5.69 Å². The van der Waals surface area contributed by atoms with Crippen molar-refractivity contribution >= 4 is 23.5 Å². The van der Waals surface area contributed by atoms with E-state index in [1.165, 1.54) is 4.90 Å². The fourth-order valence-corrected chi connectivity index (χ4v) is 3.17. The maximum atomic E-state index is 12.6. The lowest BCUT2D eigenvalue weighted by Crippen LogP contribution is -2.40. The average molecular weight is 348 g/mol. The van der Waals surface area contributed by atoms with Crippen LogP contribution in [0, 0.1) is 13.8 Å². The minimum atomic E-state index is -0.949. The number of carbonyl (C=O) groups excluding carboxylic acids is 1. The highest BCUT2D eigenvalue weighted by molar-refractivity contribution is 6.31. The van der Waals surface area contributed by atoms with Crippen LogP contribution in [-0.4, -0.2) is 44.3 Å². The van der Waals surface area contributed by atoms with Crippen LogP contribution in [0.2, 0.25) is 5.02 Å². The molecule has 7 heteroatoms. The van der Waals surface area contributed by atoms with Crippen molar-refractivity contribution in [1.82, 2.24) is 14.7 Å². The third-order valence-electron chi connectivity index (χ3n) is 4.36. The Kier molecular flexibility index (Phi) is 4.32. The first-order valence-corrected chi connectivity index (χ1v) is 8.14. The number of carboxylic acids is 1. The zero-order chi connectivity index (χ0) is 17.4. The number of benzene rings is 1. The van der Waals surface area contributed by atoms with Crippen molar-refractivity contribution in [2.45, 2.75) is 32.7 Å². The van der Waals surface area contributed by atoms with Crippen molar-refractivity contribution < 1.29 is 14.7 Å². The van der Waals surface area contributed by atoms with E-state index >= 15 is 0 Å². The summed E-state index contributed by atoms with van der Waals surface area (Å²) in [5, 5.41) is 14.2. The van der Waals surface area contributed by atoms with E-state index in [1.54, 1.807) is 28.9 Å². The lowest BCUT2D eigenvalue weighted by Gasteiger charge is -2.21. The van der Waals surface area contributed by atoms with Gasteiger partial charge in [0.1, 0.15) is 6.04 Å². The molecule has 1 N–H and O–H groups in total. The van der Waals surface area contributed by atoms with Gasteiger partial charge >= 0.3 is 5.97 Å². The molecule has 24 heavy (non-hydrogen) atoms. The highest BCUT2D eigenvalue weighted by Crippen LogP contribution is 2.24. The molecule has 1 aromatic heterocycles. The van der Waals surface area contributed by atoms with Crippen molar-refractivity contribution in [2.75, 3.05) is 6.54 Å². The van der Waals surface area contributed by atoms with Gasteiger partial charge in [0.2, 0.25) is 0 Å². The van der Waals surface area contributed by atoms with Crippen LogP contribution < -0.4 is 0 Å². The monoisotopic (exact) mass is 347 g/mol. The van der Waals surface area contributed by atoms with Crippen molar-refractivity contribution in [3.05, 3.63) is 46.2 Å². The Morgan fingerprint density at radius 1 is 1.25 bits per heavy atom. The van der Waals surface area contributed by atoms with Crippen LogP contribution in [0.1, 0.15) is 34.6 Å². The van der Waals surface area contributed by atoms with Gasteiger partial charge in [-0.25, -0.2) is 9.48 Å². The zero-order valence-corrected chi connectivity index (χ0v) is 14.2. The molecule has 2 heterocycles. The molecule has 1 atom stereocenters. The Labute approximate surface area is 144 Å². The fourth-order valence-electron chi connectivity index (χ4n) is 3.05. The van der Waals surface area contributed by atoms with Crippen LogP contribution in [0.15, 0.2) is 24.3 Å². The summed E-state index contributed by atoms with van der Waals surface area (Å²) in [6.45, 7) is 4.19. The zero-order valence-electron chi connectivity index (χ0n) is 13.5. The van der Waals surface area contributed by atoms with E-state index in [0.29, 0.717) is 30.0 Å². The lowest BCUT2D eigenvalue weighted by atomic mass is 10.1. The predicted octanol–water partition coefficient (Wildman–Crippen LogP) is 2.83. The van der Waals surface area contributed by atoms with E-state index in [4.69, 9.17) is 11.6 Å². The Morgan fingerprint density at radius 3 is 2.46 bits per heavy atom. The van der Waals surface area contributed by atoms with Crippen LogP contribution in [0.5, 0.6) is 0 Å². The molecule has 3 rings (SSSR count). The van der Waals surface area contributed by atoms with Gasteiger partial charge in [-0.2, -0.15) is 5.10 Å². The number of aromatic nitrogens is 2. The third kappa shape index (κ3) is 2.78. The molecule has 1 amide bonds. The largest absolute Gasteiger partial charge is 0.480 e. The number of hydrogen-bond acceptors (Lipinski definition) is 3. The molecular weight excluding hydrogens is 330 g/mol. The summed E-state index contributed by atoms with van der Waals surface area (Å²) >= 11 is 6.16. The summed E-state index contributed by atoms with van der Waals surface area (Å²) in [6.07, 6.45) is 1.22. The Morgan fingerprint density at radius 2 is 1.92 bits per heavy atom. The number of carbonyl (C=O) groups is 2. The number of hydrogen-bond donors (Lipinski definition) is 1. The predicted molar refractivity (Wildman–Crippen MR) is 89.7 cm³/mol. The maximum absolute atomic E-state index is 12.6. The Hall–Kier alpha value is -2.34. The number of halogens is 1. The molecule has 2 aromatic rings. The minimum Gasteiger partial charge on any atom is -0.480 e. The standard InChI is InChI=1S/C17H18ClN3O3/c1-10-15(18)11(2)21(19-10)13-7-5-12(6-8-13)16(22)20-9-3-4-14(20)17(23)24/h5-8,14H,3-4,9H2,1-2H3,(H,23,24)/t14-/m0/s1. The molecular formula is C17H18ClN3O3. The van der Waals surface area contributed by atoms with Gasteiger partial charge < -0.3 is 10.0 Å². The number of aliphatic carboxylic acids is 1. The van der Waals surface area contributed by atoms with Crippen molar-refractivity contribution in [1.29, 1.82) is 0 Å². The van der Waals surface area contributed by atoms with Crippen LogP contribution in [-0.2, 0) is 4.79 Å². The first kappa shape index (κ1) is 16.5. The van der Waals surface area contributed by atoms with Gasteiger partial charge in [0.25, 0.3) is 5.91 Å². The average Bonchev–Trinajstić information content (AvgIpc) is 3.16. The molecule has 0 aliphatic carbocycles. The number of carboxylic acid groups (broad SMARTS) is 1. The topological polar surface area (TPSA) is 75.4 Å². The quantitative estimate of drug-likeness (QED) is 0.926. The van der Waals surface area contributed by atoms with Crippen LogP contribution in [0.4, 0.5) is 0 Å². The number of rotatable bonds is 3. The molecule has 1 fully saturated rings. The summed E-state index contributed by atoms with van der Waals surface area (Å²) in [6, 6.07) is 6.23. The SMILES string of the molecule is Cc1nn(-c2ccc(C(=O)N3CCC[C@H]3C(=O)O)cc2)c(C)c1Cl. The first-order chi connectivity index (χ1) is 11.4. The third-order valence-corrected chi connectivity index (χ3v) is 4.91. The van der Waals surface area contributed by atoms with Crippen LogP contribution in [0.3, 0.4) is 0 Å². The lowest BCUT2D eigenvalue weighted by molar-refractivity contribution is -0.141. The molecule has 0 unspecified atom stereocenters. The summed E-state index contributed by atoms with van der Waals surface area (Å²) in [4.78, 5) is 25.2. The molecule has 0 bridgehead atoms. The summed E-state index contributed by atoms with van der Waals surface area (Å²) in [7, 11) is 0. The molecule has 0 spiro atoms. The van der Waals surface area contributed by atoms with Crippen LogP contribution >= 0.6 is 11.6 Å². The van der Waals surface area contributed by atoms with E-state index in [9.17, 15) is 14.7 Å². The van der Waals surface area contributed by atoms with Gasteiger partial charge in [-0.3, -0.25) is 4.79 Å². The molecule has 1 aliphatic rings. The summed E-state index contributed by atoms with van der Waals surface area (Å²) in [5.41, 5.74) is 2.85. The normalized spacial score (nSPS) is 17.3. The van der Waals surface area contributed by atoms with Gasteiger partial charge in [-0.1, -0.05) is 11.6 Å². The van der Waals surface area contributed by atoms with Gasteiger partial charge in [-0.15, -0.1) is 0 Å². The second-order valence-corrected chi connectivity index (χ2v) is 6.32. The molecule has 1 aliphatic heterocycles. The molecule has 0 radical (unpaired) electrons. The molecule has 126 valence electrons. The van der Waals surface area contributed by atoms with Gasteiger partial charge in [-0.05, 0) is 51.0 Å². The van der Waals surface area contributed by atoms with Gasteiger partial charge in [0.05, 0.1) is 22.1 Å². The number of aryl methyl sites for hydroxylation is 1. The highest BCUT2D eigenvalue weighted by atomic mass is 35.5. The number of likely N-dealkylation sites (tertiary alicyclic amines) is 1. The smallest absolute Gasteiger partial charge is 0.326 e. The summed E-state index contributed by atoms with van der Waals surface area (Å²) < 4.78 is 1.72. The Bertz CT molecular complexity index is 798. The number of nitrogens with zero attached hydrogens (tertiary/aromatic N) is 3. The second kappa shape index (κ2) is 6.28. The molecule has 1 saturated heterocycles. The molecule has 6 nitrogen and oxygen atoms in total. The second-order valence-electron chi connectivity index (χ2n) is 5.94. The first-order valence-electron chi connectivity index (χ1n) is 7.76. The molecule has 0 saturated carbocycles. The van der Waals surface area contributed by atoms with E-state index in [-0.39, 0.29) is 5.91 Å². The van der Waals surface area contributed by atoms with E-state index < -0.39 is 12.0 Å². The van der Waals surface area contributed by atoms with Crippen molar-refractivity contribution in [2.24, 2.45) is 0 Å². The van der Waals surface area contributed by atoms with Crippen molar-refractivity contribution in [3.63, 3.8) is 0 Å². The van der Waals surface area contributed by atoms with E-state index in [1.807, 2.05) is 13.8 Å². The van der Waals surface area contributed by atoms with Crippen molar-refractivity contribution in [3.8, 4) is 5.69 Å². The van der Waals surface area contributed by atoms with Gasteiger partial charge in [0.15, 0.2) is 0 Å². The summed E-state index contributed by atoms with van der Waals surface area (Å²) in [5.74, 6) is -1.20. The number of amides is 1. The highest BCUT2D eigenvalue weighted by Gasteiger charge is 2.34. The van der Waals surface area contributed by atoms with E-state index in [0.717, 1.165) is 17.1 Å². The molecule has 1 aromatic carbocycles. The Balaban J connectivity index is 1.85. The fraction of sp³-hybridized carbons (Fsp3) is 0.353. The minimum absolute atomic E-state index is 0.252. The maximum Gasteiger partial charge on any atom is 0.326 e. The van der Waals surface area contributed by atoms with Gasteiger partial charge in [0, 0.05) is 12.1 Å².